The van der Waals surface area contributed by atoms with Gasteiger partial charge in [-0.15, -0.1) is 0 Å². The fourth-order valence-electron chi connectivity index (χ4n) is 2.11. The lowest BCUT2D eigenvalue weighted by molar-refractivity contribution is 0.0902. The molecule has 2 aromatic rings. The van der Waals surface area contributed by atoms with E-state index in [-0.39, 0.29) is 5.91 Å². The quantitative estimate of drug-likeness (QED) is 0.936. The van der Waals surface area contributed by atoms with Crippen molar-refractivity contribution >= 4 is 21.8 Å². The Morgan fingerprint density at radius 3 is 2.40 bits per heavy atom. The topological polar surface area (TPSA) is 46.9 Å². The van der Waals surface area contributed by atoms with Crippen LogP contribution in [0.15, 0.2) is 34.8 Å². The molecule has 1 amide bonds. The molecule has 0 saturated carbocycles. The summed E-state index contributed by atoms with van der Waals surface area (Å²) in [4.78, 5) is 12.4. The average molecular weight is 336 g/mol. The summed E-state index contributed by atoms with van der Waals surface area (Å²) in [6.45, 7) is 5.84. The summed E-state index contributed by atoms with van der Waals surface area (Å²) in [7, 11) is 1.77. The first-order valence-electron chi connectivity index (χ1n) is 6.39. The van der Waals surface area contributed by atoms with Crippen LogP contribution in [0, 0.1) is 6.92 Å². The molecule has 0 fully saturated rings. The minimum atomic E-state index is -0.448. The zero-order valence-corrected chi connectivity index (χ0v) is 13.7. The third-order valence-corrected chi connectivity index (χ3v) is 3.76. The first kappa shape index (κ1) is 14.8. The number of benzene rings is 1. The van der Waals surface area contributed by atoms with Crippen molar-refractivity contribution in [2.75, 3.05) is 0 Å². The summed E-state index contributed by atoms with van der Waals surface area (Å²) in [5.74, 6) is -0.124. The second-order valence-corrected chi connectivity index (χ2v) is 6.30. The summed E-state index contributed by atoms with van der Waals surface area (Å²) in [6.07, 6.45) is 0. The number of halogens is 1. The van der Waals surface area contributed by atoms with E-state index < -0.39 is 5.54 Å². The SMILES string of the molecule is Cc1cc(C(=O)NC(C)(C)c2ccc(Br)cc2)n(C)n1. The molecule has 0 aliphatic rings. The van der Waals surface area contributed by atoms with Gasteiger partial charge in [-0.25, -0.2) is 0 Å². The van der Waals surface area contributed by atoms with Crippen LogP contribution in [0.1, 0.15) is 35.6 Å². The zero-order chi connectivity index (χ0) is 14.9. The van der Waals surface area contributed by atoms with Crippen molar-refractivity contribution in [2.24, 2.45) is 7.05 Å². The molecule has 1 aromatic carbocycles. The van der Waals surface area contributed by atoms with Crippen molar-refractivity contribution in [2.45, 2.75) is 26.3 Å². The van der Waals surface area contributed by atoms with Crippen LogP contribution in [0.2, 0.25) is 0 Å². The summed E-state index contributed by atoms with van der Waals surface area (Å²) < 4.78 is 2.62. The van der Waals surface area contributed by atoms with E-state index in [1.165, 1.54) is 0 Å². The number of hydrogen-bond acceptors (Lipinski definition) is 2. The second kappa shape index (κ2) is 5.40. The fourth-order valence-corrected chi connectivity index (χ4v) is 2.37. The van der Waals surface area contributed by atoms with Gasteiger partial charge in [0.2, 0.25) is 0 Å². The van der Waals surface area contributed by atoms with Crippen LogP contribution in [0.5, 0.6) is 0 Å². The maximum atomic E-state index is 12.4. The highest BCUT2D eigenvalue weighted by atomic mass is 79.9. The first-order valence-corrected chi connectivity index (χ1v) is 7.18. The van der Waals surface area contributed by atoms with Gasteiger partial charge in [0, 0.05) is 11.5 Å². The largest absolute Gasteiger partial charge is 0.342 e. The molecule has 0 unspecified atom stereocenters. The Balaban J connectivity index is 2.21. The van der Waals surface area contributed by atoms with E-state index in [4.69, 9.17) is 0 Å². The normalized spacial score (nSPS) is 11.4. The molecule has 0 aliphatic heterocycles. The van der Waals surface area contributed by atoms with Crippen LogP contribution in [0.25, 0.3) is 0 Å². The predicted molar refractivity (Wildman–Crippen MR) is 82.6 cm³/mol. The van der Waals surface area contributed by atoms with Crippen LogP contribution in [0.4, 0.5) is 0 Å². The van der Waals surface area contributed by atoms with Crippen molar-refractivity contribution < 1.29 is 4.79 Å². The lowest BCUT2D eigenvalue weighted by Gasteiger charge is -2.27. The number of hydrogen-bond donors (Lipinski definition) is 1. The van der Waals surface area contributed by atoms with E-state index in [1.807, 2.05) is 45.0 Å². The van der Waals surface area contributed by atoms with Crippen LogP contribution in [-0.2, 0) is 12.6 Å². The molecule has 2 rings (SSSR count). The van der Waals surface area contributed by atoms with E-state index in [1.54, 1.807) is 17.8 Å². The molecule has 0 aliphatic carbocycles. The predicted octanol–water partition coefficient (Wildman–Crippen LogP) is 3.16. The number of carbonyl (C=O) groups is 1. The molecule has 0 saturated heterocycles. The molecule has 106 valence electrons. The lowest BCUT2D eigenvalue weighted by Crippen LogP contribution is -2.41. The standard InChI is InChI=1S/C15H18BrN3O/c1-10-9-13(19(4)18-10)14(20)17-15(2,3)11-5-7-12(16)8-6-11/h5-9H,1-4H3,(H,17,20). The molecule has 0 bridgehead atoms. The van der Waals surface area contributed by atoms with Crippen molar-refractivity contribution in [3.05, 3.63) is 51.8 Å². The third kappa shape index (κ3) is 3.10. The van der Waals surface area contributed by atoms with E-state index in [0.717, 1.165) is 15.7 Å². The van der Waals surface area contributed by atoms with Gasteiger partial charge in [-0.3, -0.25) is 9.48 Å². The number of amides is 1. The van der Waals surface area contributed by atoms with E-state index >= 15 is 0 Å². The molecule has 0 radical (unpaired) electrons. The van der Waals surface area contributed by atoms with Crippen molar-refractivity contribution in [1.29, 1.82) is 0 Å². The highest BCUT2D eigenvalue weighted by molar-refractivity contribution is 9.10. The van der Waals surface area contributed by atoms with Gasteiger partial charge in [0.1, 0.15) is 5.69 Å². The Hall–Kier alpha value is -1.62. The van der Waals surface area contributed by atoms with Crippen LogP contribution in [0.3, 0.4) is 0 Å². The van der Waals surface area contributed by atoms with Gasteiger partial charge in [-0.1, -0.05) is 28.1 Å². The minimum absolute atomic E-state index is 0.124. The number of aryl methyl sites for hydroxylation is 2. The summed E-state index contributed by atoms with van der Waals surface area (Å²) in [5.41, 5.74) is 2.00. The number of carbonyl (C=O) groups excluding carboxylic acids is 1. The molecule has 1 N–H and O–H groups in total. The Morgan fingerprint density at radius 1 is 1.30 bits per heavy atom. The fraction of sp³-hybridized carbons (Fsp3) is 0.333. The van der Waals surface area contributed by atoms with E-state index in [9.17, 15) is 4.79 Å². The molecular weight excluding hydrogens is 318 g/mol. The van der Waals surface area contributed by atoms with Gasteiger partial charge in [-0.05, 0) is 44.5 Å². The summed E-state index contributed by atoms with van der Waals surface area (Å²) >= 11 is 3.41. The number of nitrogens with one attached hydrogen (secondary N) is 1. The molecule has 4 nitrogen and oxygen atoms in total. The maximum Gasteiger partial charge on any atom is 0.270 e. The van der Waals surface area contributed by atoms with Gasteiger partial charge >= 0.3 is 0 Å². The molecule has 0 spiro atoms. The Bertz CT molecular complexity index is 629. The minimum Gasteiger partial charge on any atom is -0.342 e. The Labute approximate surface area is 127 Å². The van der Waals surface area contributed by atoms with Crippen LogP contribution in [-0.4, -0.2) is 15.7 Å². The third-order valence-electron chi connectivity index (χ3n) is 3.23. The van der Waals surface area contributed by atoms with Gasteiger partial charge in [0.05, 0.1) is 11.2 Å². The maximum absolute atomic E-state index is 12.4. The van der Waals surface area contributed by atoms with Crippen LogP contribution >= 0.6 is 15.9 Å². The molecule has 1 heterocycles. The van der Waals surface area contributed by atoms with Gasteiger partial charge in [-0.2, -0.15) is 5.10 Å². The average Bonchev–Trinajstić information content (AvgIpc) is 2.68. The van der Waals surface area contributed by atoms with E-state index in [2.05, 4.69) is 26.3 Å². The monoisotopic (exact) mass is 335 g/mol. The van der Waals surface area contributed by atoms with Gasteiger partial charge in [0.25, 0.3) is 5.91 Å². The second-order valence-electron chi connectivity index (χ2n) is 5.38. The zero-order valence-electron chi connectivity index (χ0n) is 12.1. The van der Waals surface area contributed by atoms with Gasteiger partial charge < -0.3 is 5.32 Å². The molecule has 1 aromatic heterocycles. The van der Waals surface area contributed by atoms with Crippen molar-refractivity contribution in [3.63, 3.8) is 0 Å². The smallest absolute Gasteiger partial charge is 0.270 e. The number of rotatable bonds is 3. The van der Waals surface area contributed by atoms with E-state index in [0.29, 0.717) is 5.69 Å². The van der Waals surface area contributed by atoms with Crippen molar-refractivity contribution in [3.8, 4) is 0 Å². The summed E-state index contributed by atoms with van der Waals surface area (Å²) in [6, 6.07) is 9.72. The molecule has 0 atom stereocenters. The highest BCUT2D eigenvalue weighted by Crippen LogP contribution is 2.22. The summed E-state index contributed by atoms with van der Waals surface area (Å²) in [5, 5.41) is 7.24. The first-order chi connectivity index (χ1) is 9.29. The number of aromatic nitrogens is 2. The molecule has 20 heavy (non-hydrogen) atoms. The Kier molecular flexibility index (Phi) is 3.99. The van der Waals surface area contributed by atoms with Gasteiger partial charge in [0.15, 0.2) is 0 Å². The van der Waals surface area contributed by atoms with Crippen LogP contribution < -0.4 is 5.32 Å². The lowest BCUT2D eigenvalue weighted by atomic mass is 9.94. The Morgan fingerprint density at radius 2 is 1.90 bits per heavy atom. The molecular formula is C15H18BrN3O. The van der Waals surface area contributed by atoms with Crippen molar-refractivity contribution in [1.82, 2.24) is 15.1 Å². The highest BCUT2D eigenvalue weighted by Gasteiger charge is 2.24. The molecule has 5 heteroatoms. The number of nitrogens with zero attached hydrogens (tertiary/aromatic N) is 2.